The van der Waals surface area contributed by atoms with Gasteiger partial charge in [0.05, 0.1) is 11.4 Å². The van der Waals surface area contributed by atoms with Gasteiger partial charge in [-0.25, -0.2) is 0 Å². The number of hydrogen-bond acceptors (Lipinski definition) is 6. The van der Waals surface area contributed by atoms with Gasteiger partial charge in [-0.05, 0) is 26.3 Å². The summed E-state index contributed by atoms with van der Waals surface area (Å²) >= 11 is 1.23. The Bertz CT molecular complexity index is 727. The SMILES string of the molecule is Cc1nnc2sc(C(=O)NCC(C)S(C)=O)c(N)c2c1C. The van der Waals surface area contributed by atoms with Gasteiger partial charge in [0, 0.05) is 34.2 Å². The van der Waals surface area contributed by atoms with E-state index in [0.717, 1.165) is 16.6 Å². The molecule has 1 amide bonds. The van der Waals surface area contributed by atoms with Gasteiger partial charge >= 0.3 is 0 Å². The number of aryl methyl sites for hydroxylation is 2. The minimum atomic E-state index is -0.975. The minimum Gasteiger partial charge on any atom is -0.397 e. The van der Waals surface area contributed by atoms with Crippen LogP contribution in [-0.4, -0.2) is 38.4 Å². The lowest BCUT2D eigenvalue weighted by Crippen LogP contribution is -2.32. The normalized spacial score (nSPS) is 14.1. The van der Waals surface area contributed by atoms with Crippen molar-refractivity contribution in [2.45, 2.75) is 26.0 Å². The van der Waals surface area contributed by atoms with Gasteiger partial charge < -0.3 is 11.1 Å². The molecule has 2 rings (SSSR count). The first-order chi connectivity index (χ1) is 9.82. The standard InChI is InChI=1S/C13H18N4O2S2/c1-6(21(4)19)5-15-12(18)11-10(14)9-7(2)8(3)16-17-13(9)20-11/h6H,5,14H2,1-4H3,(H,15,18). The van der Waals surface area contributed by atoms with E-state index in [1.807, 2.05) is 20.8 Å². The van der Waals surface area contributed by atoms with Crippen molar-refractivity contribution in [1.82, 2.24) is 15.5 Å². The van der Waals surface area contributed by atoms with Gasteiger partial charge in [0.25, 0.3) is 5.91 Å². The van der Waals surface area contributed by atoms with E-state index in [0.29, 0.717) is 21.9 Å². The number of fused-ring (bicyclic) bond motifs is 1. The molecule has 0 bridgehead atoms. The van der Waals surface area contributed by atoms with Crippen molar-refractivity contribution in [1.29, 1.82) is 0 Å². The highest BCUT2D eigenvalue weighted by molar-refractivity contribution is 7.84. The number of aromatic nitrogens is 2. The van der Waals surface area contributed by atoms with Crippen LogP contribution in [0.25, 0.3) is 10.2 Å². The van der Waals surface area contributed by atoms with Crippen molar-refractivity contribution >= 4 is 43.9 Å². The molecule has 2 atom stereocenters. The zero-order valence-corrected chi connectivity index (χ0v) is 14.0. The van der Waals surface area contributed by atoms with E-state index < -0.39 is 10.8 Å². The van der Waals surface area contributed by atoms with Crippen LogP contribution >= 0.6 is 11.3 Å². The number of rotatable bonds is 4. The molecule has 0 spiro atoms. The van der Waals surface area contributed by atoms with Crippen LogP contribution in [0.4, 0.5) is 5.69 Å². The maximum Gasteiger partial charge on any atom is 0.263 e. The summed E-state index contributed by atoms with van der Waals surface area (Å²) in [5.74, 6) is -0.259. The second kappa shape index (κ2) is 6.07. The Morgan fingerprint density at radius 3 is 2.71 bits per heavy atom. The van der Waals surface area contributed by atoms with Gasteiger partial charge in [-0.3, -0.25) is 9.00 Å². The molecule has 0 aliphatic heterocycles. The van der Waals surface area contributed by atoms with Crippen molar-refractivity contribution in [3.05, 3.63) is 16.1 Å². The maximum absolute atomic E-state index is 12.2. The Hall–Kier alpha value is -1.54. The molecule has 0 saturated carbocycles. The average molecular weight is 326 g/mol. The molecule has 2 aromatic rings. The Labute approximate surface area is 129 Å². The molecule has 0 fully saturated rings. The predicted molar refractivity (Wildman–Crippen MR) is 87.2 cm³/mol. The van der Waals surface area contributed by atoms with Crippen molar-refractivity contribution in [3.63, 3.8) is 0 Å². The highest BCUT2D eigenvalue weighted by atomic mass is 32.2. The largest absolute Gasteiger partial charge is 0.397 e. The van der Waals surface area contributed by atoms with Gasteiger partial charge in [0.2, 0.25) is 0 Å². The van der Waals surface area contributed by atoms with Crippen LogP contribution in [0.3, 0.4) is 0 Å². The number of nitrogens with two attached hydrogens (primary N) is 1. The number of carbonyl (C=O) groups is 1. The van der Waals surface area contributed by atoms with Gasteiger partial charge in [-0.15, -0.1) is 16.4 Å². The topological polar surface area (TPSA) is 98.0 Å². The zero-order valence-electron chi connectivity index (χ0n) is 12.4. The number of amides is 1. The molecule has 0 aliphatic rings. The number of carbonyl (C=O) groups excluding carboxylic acids is 1. The van der Waals surface area contributed by atoms with E-state index in [-0.39, 0.29) is 11.2 Å². The average Bonchev–Trinajstić information content (AvgIpc) is 2.77. The summed E-state index contributed by atoms with van der Waals surface area (Å²) in [5, 5.41) is 11.6. The number of anilines is 1. The molecule has 6 nitrogen and oxygen atoms in total. The van der Waals surface area contributed by atoms with Crippen molar-refractivity contribution in [2.75, 3.05) is 18.5 Å². The monoisotopic (exact) mass is 326 g/mol. The molecule has 8 heteroatoms. The van der Waals surface area contributed by atoms with E-state index in [1.54, 1.807) is 6.26 Å². The van der Waals surface area contributed by atoms with Gasteiger partial charge in [-0.1, -0.05) is 0 Å². The van der Waals surface area contributed by atoms with E-state index in [4.69, 9.17) is 5.73 Å². The molecule has 0 aliphatic carbocycles. The first kappa shape index (κ1) is 15.8. The summed E-state index contributed by atoms with van der Waals surface area (Å²) in [7, 11) is -0.975. The van der Waals surface area contributed by atoms with Gasteiger partial charge in [-0.2, -0.15) is 5.10 Å². The molecule has 114 valence electrons. The molecule has 0 radical (unpaired) electrons. The first-order valence-electron chi connectivity index (χ1n) is 6.45. The lowest BCUT2D eigenvalue weighted by molar-refractivity contribution is 0.0959. The Balaban J connectivity index is 2.30. The fourth-order valence-electron chi connectivity index (χ4n) is 1.84. The van der Waals surface area contributed by atoms with Gasteiger partial charge in [0.15, 0.2) is 0 Å². The van der Waals surface area contributed by atoms with Crippen molar-refractivity contribution < 1.29 is 9.00 Å². The molecule has 2 unspecified atom stereocenters. The van der Waals surface area contributed by atoms with Crippen LogP contribution in [0.5, 0.6) is 0 Å². The smallest absolute Gasteiger partial charge is 0.263 e. The summed E-state index contributed by atoms with van der Waals surface area (Å²) in [6.45, 7) is 5.94. The van der Waals surface area contributed by atoms with Crippen LogP contribution in [-0.2, 0) is 10.8 Å². The highest BCUT2D eigenvalue weighted by Crippen LogP contribution is 2.34. The zero-order chi connectivity index (χ0) is 15.7. The fraction of sp³-hybridized carbons (Fsp3) is 0.462. The van der Waals surface area contributed by atoms with Crippen molar-refractivity contribution in [2.24, 2.45) is 0 Å². The molecule has 0 saturated heterocycles. The van der Waals surface area contributed by atoms with Crippen molar-refractivity contribution in [3.8, 4) is 0 Å². The number of nitrogens with one attached hydrogen (secondary N) is 1. The molecule has 3 N–H and O–H groups in total. The van der Waals surface area contributed by atoms with Crippen LogP contribution in [0, 0.1) is 13.8 Å². The third kappa shape index (κ3) is 3.06. The van der Waals surface area contributed by atoms with E-state index in [9.17, 15) is 9.00 Å². The van der Waals surface area contributed by atoms with Crippen LogP contribution in [0.2, 0.25) is 0 Å². The Morgan fingerprint density at radius 2 is 2.10 bits per heavy atom. The Kier molecular flexibility index (Phi) is 4.58. The predicted octanol–water partition coefficient (Wildman–Crippen LogP) is 1.39. The number of nitrogen functional groups attached to an aromatic ring is 1. The lowest BCUT2D eigenvalue weighted by Gasteiger charge is -2.09. The molecule has 2 heterocycles. The highest BCUT2D eigenvalue weighted by Gasteiger charge is 2.20. The number of thiophene rings is 1. The third-order valence-electron chi connectivity index (χ3n) is 3.46. The molecular formula is C13H18N4O2S2. The summed E-state index contributed by atoms with van der Waals surface area (Å²) < 4.78 is 11.3. The summed E-state index contributed by atoms with van der Waals surface area (Å²) in [6, 6.07) is 0. The first-order valence-corrected chi connectivity index (χ1v) is 8.89. The Morgan fingerprint density at radius 1 is 1.43 bits per heavy atom. The summed E-state index contributed by atoms with van der Waals surface area (Å²) in [6.07, 6.45) is 1.62. The minimum absolute atomic E-state index is 0.103. The van der Waals surface area contributed by atoms with Crippen LogP contribution in [0.1, 0.15) is 27.9 Å². The van der Waals surface area contributed by atoms with E-state index in [2.05, 4.69) is 15.5 Å². The molecular weight excluding hydrogens is 308 g/mol. The fourth-order valence-corrected chi connectivity index (χ4v) is 3.18. The van der Waals surface area contributed by atoms with E-state index >= 15 is 0 Å². The van der Waals surface area contributed by atoms with E-state index in [1.165, 1.54) is 11.3 Å². The molecule has 0 aromatic carbocycles. The molecule has 2 aromatic heterocycles. The maximum atomic E-state index is 12.2. The quantitative estimate of drug-likeness (QED) is 0.884. The van der Waals surface area contributed by atoms with Crippen LogP contribution < -0.4 is 11.1 Å². The number of hydrogen-bond donors (Lipinski definition) is 2. The van der Waals surface area contributed by atoms with Gasteiger partial charge in [0.1, 0.15) is 9.71 Å². The third-order valence-corrected chi connectivity index (χ3v) is 5.85. The summed E-state index contributed by atoms with van der Waals surface area (Å²) in [5.41, 5.74) is 8.28. The second-order valence-electron chi connectivity index (χ2n) is 4.95. The lowest BCUT2D eigenvalue weighted by atomic mass is 10.1. The molecule has 21 heavy (non-hydrogen) atoms. The second-order valence-corrected chi connectivity index (χ2v) is 7.76. The van der Waals surface area contributed by atoms with Crippen LogP contribution in [0.15, 0.2) is 0 Å². The summed E-state index contributed by atoms with van der Waals surface area (Å²) in [4.78, 5) is 13.3. The number of nitrogens with zero attached hydrogens (tertiary/aromatic N) is 2.